The number of hydrogen-bond acceptors (Lipinski definition) is 6. The number of para-hydroxylation sites is 2. The quantitative estimate of drug-likeness (QED) is 0.555. The molecule has 6 nitrogen and oxygen atoms in total. The number of aromatic nitrogens is 5. The van der Waals surface area contributed by atoms with Gasteiger partial charge >= 0.3 is 0 Å². The smallest absolute Gasteiger partial charge is 0.170 e. The molecule has 0 spiro atoms. The fourth-order valence-corrected chi connectivity index (χ4v) is 4.72. The zero-order valence-corrected chi connectivity index (χ0v) is 15.0. The summed E-state index contributed by atoms with van der Waals surface area (Å²) in [4.78, 5) is 7.32. The molecule has 1 aliphatic heterocycles. The molecule has 0 aliphatic carbocycles. The van der Waals surface area contributed by atoms with E-state index in [0.29, 0.717) is 6.04 Å². The Morgan fingerprint density at radius 1 is 1.04 bits per heavy atom. The lowest BCUT2D eigenvalue weighted by Crippen LogP contribution is -2.24. The van der Waals surface area contributed by atoms with Crippen LogP contribution >= 0.6 is 11.3 Å². The second-order valence-corrected chi connectivity index (χ2v) is 7.55. The molecule has 2 aromatic heterocycles. The first kappa shape index (κ1) is 15.6. The molecule has 4 aromatic rings. The van der Waals surface area contributed by atoms with E-state index < -0.39 is 0 Å². The largest absolute Gasteiger partial charge is 0.286 e. The second kappa shape index (κ2) is 6.59. The number of thiazole rings is 1. The van der Waals surface area contributed by atoms with E-state index in [-0.39, 0.29) is 0 Å². The average molecular weight is 362 g/mol. The van der Waals surface area contributed by atoms with Gasteiger partial charge < -0.3 is 0 Å². The molecule has 0 unspecified atom stereocenters. The predicted octanol–water partition coefficient (Wildman–Crippen LogP) is 3.61. The highest BCUT2D eigenvalue weighted by atomic mass is 32.1. The van der Waals surface area contributed by atoms with Gasteiger partial charge in [-0.15, -0.1) is 16.4 Å². The van der Waals surface area contributed by atoms with Crippen molar-refractivity contribution in [1.29, 1.82) is 0 Å². The van der Waals surface area contributed by atoms with Crippen molar-refractivity contribution in [3.8, 4) is 5.69 Å². The van der Waals surface area contributed by atoms with Crippen molar-refractivity contribution >= 4 is 21.6 Å². The van der Waals surface area contributed by atoms with Gasteiger partial charge in [0.1, 0.15) is 5.01 Å². The second-order valence-electron chi connectivity index (χ2n) is 6.49. The predicted molar refractivity (Wildman–Crippen MR) is 101 cm³/mol. The van der Waals surface area contributed by atoms with E-state index in [1.165, 1.54) is 16.1 Å². The third-order valence-electron chi connectivity index (χ3n) is 4.84. The third kappa shape index (κ3) is 2.79. The number of rotatable bonds is 4. The highest BCUT2D eigenvalue weighted by Crippen LogP contribution is 2.37. The molecule has 1 aliphatic rings. The summed E-state index contributed by atoms with van der Waals surface area (Å²) in [6.45, 7) is 1.77. The van der Waals surface area contributed by atoms with Gasteiger partial charge in [0.25, 0.3) is 0 Å². The molecule has 3 heterocycles. The van der Waals surface area contributed by atoms with Crippen LogP contribution in [0.5, 0.6) is 0 Å². The van der Waals surface area contributed by atoms with Gasteiger partial charge in [-0.25, -0.2) is 4.98 Å². The number of nitrogens with zero attached hydrogens (tertiary/aromatic N) is 6. The Morgan fingerprint density at radius 2 is 1.88 bits per heavy atom. The van der Waals surface area contributed by atoms with Gasteiger partial charge in [0.15, 0.2) is 5.82 Å². The Hall–Kier alpha value is -2.64. The van der Waals surface area contributed by atoms with Gasteiger partial charge in [-0.05, 0) is 54.1 Å². The summed E-state index contributed by atoms with van der Waals surface area (Å²) in [6, 6.07) is 18.7. The highest BCUT2D eigenvalue weighted by molar-refractivity contribution is 7.18. The SMILES string of the molecule is c1ccc(-n2nnnc2CN2CCC[C@@H]2c2nc3ccccc3s2)cc1. The van der Waals surface area contributed by atoms with Crippen LogP contribution in [-0.2, 0) is 6.54 Å². The van der Waals surface area contributed by atoms with Crippen molar-refractivity contribution in [1.82, 2.24) is 30.1 Å². The molecule has 0 saturated carbocycles. The van der Waals surface area contributed by atoms with Crippen molar-refractivity contribution < 1.29 is 0 Å². The minimum absolute atomic E-state index is 0.341. The lowest BCUT2D eigenvalue weighted by atomic mass is 10.2. The van der Waals surface area contributed by atoms with Crippen molar-refractivity contribution in [2.24, 2.45) is 0 Å². The monoisotopic (exact) mass is 362 g/mol. The number of hydrogen-bond donors (Lipinski definition) is 0. The van der Waals surface area contributed by atoms with Crippen molar-refractivity contribution in [2.45, 2.75) is 25.4 Å². The summed E-state index contributed by atoms with van der Waals surface area (Å²) < 4.78 is 3.08. The van der Waals surface area contributed by atoms with Crippen LogP contribution in [0.15, 0.2) is 54.6 Å². The normalized spacial score (nSPS) is 17.9. The number of fused-ring (bicyclic) bond motifs is 1. The summed E-state index contributed by atoms with van der Waals surface area (Å²) >= 11 is 1.80. The lowest BCUT2D eigenvalue weighted by molar-refractivity contribution is 0.240. The molecule has 2 aromatic carbocycles. The number of likely N-dealkylation sites (tertiary alicyclic amines) is 1. The van der Waals surface area contributed by atoms with Crippen LogP contribution < -0.4 is 0 Å². The Balaban J connectivity index is 1.43. The van der Waals surface area contributed by atoms with E-state index in [2.05, 4.69) is 38.6 Å². The van der Waals surface area contributed by atoms with Gasteiger partial charge in [0, 0.05) is 0 Å². The minimum atomic E-state index is 0.341. The standard InChI is InChI=1S/C19H18N6S/c1-2-7-14(8-3-1)25-18(21-22-23-25)13-24-12-6-10-16(24)19-20-15-9-4-5-11-17(15)26-19/h1-5,7-9,11,16H,6,10,12-13H2/t16-/m1/s1. The molecule has 1 saturated heterocycles. The van der Waals surface area contributed by atoms with E-state index in [0.717, 1.165) is 36.5 Å². The number of tetrazole rings is 1. The zero-order chi connectivity index (χ0) is 17.3. The van der Waals surface area contributed by atoms with Crippen molar-refractivity contribution in [3.63, 3.8) is 0 Å². The van der Waals surface area contributed by atoms with Crippen LogP contribution in [-0.4, -0.2) is 36.6 Å². The molecule has 1 fully saturated rings. The van der Waals surface area contributed by atoms with Crippen LogP contribution in [0.3, 0.4) is 0 Å². The third-order valence-corrected chi connectivity index (χ3v) is 5.98. The van der Waals surface area contributed by atoms with Gasteiger partial charge in [-0.2, -0.15) is 4.68 Å². The molecule has 0 bridgehead atoms. The van der Waals surface area contributed by atoms with Crippen molar-refractivity contribution in [2.75, 3.05) is 6.54 Å². The van der Waals surface area contributed by atoms with Crippen LogP contribution in [0.25, 0.3) is 15.9 Å². The maximum Gasteiger partial charge on any atom is 0.170 e. The summed E-state index contributed by atoms with van der Waals surface area (Å²) in [5.41, 5.74) is 2.08. The van der Waals surface area contributed by atoms with Gasteiger partial charge in [-0.1, -0.05) is 30.3 Å². The molecule has 0 N–H and O–H groups in total. The Kier molecular flexibility index (Phi) is 3.95. The van der Waals surface area contributed by atoms with Crippen LogP contribution in [0, 0.1) is 0 Å². The van der Waals surface area contributed by atoms with Gasteiger partial charge in [0.2, 0.25) is 0 Å². The first-order valence-corrected chi connectivity index (χ1v) is 9.62. The molecule has 0 amide bonds. The molecule has 0 radical (unpaired) electrons. The van der Waals surface area contributed by atoms with E-state index in [1.54, 1.807) is 11.3 Å². The fourth-order valence-electron chi connectivity index (χ4n) is 3.58. The van der Waals surface area contributed by atoms with Crippen LogP contribution in [0.2, 0.25) is 0 Å². The first-order valence-electron chi connectivity index (χ1n) is 8.81. The molecule has 7 heteroatoms. The minimum Gasteiger partial charge on any atom is -0.286 e. The Labute approximate surface area is 155 Å². The lowest BCUT2D eigenvalue weighted by Gasteiger charge is -2.21. The van der Waals surface area contributed by atoms with E-state index in [1.807, 2.05) is 41.1 Å². The summed E-state index contributed by atoms with van der Waals surface area (Å²) in [7, 11) is 0. The maximum absolute atomic E-state index is 4.87. The first-order chi connectivity index (χ1) is 12.9. The Bertz CT molecular complexity index is 992. The zero-order valence-electron chi connectivity index (χ0n) is 14.2. The molecule has 26 heavy (non-hydrogen) atoms. The van der Waals surface area contributed by atoms with Crippen LogP contribution in [0.4, 0.5) is 0 Å². The summed E-state index contributed by atoms with van der Waals surface area (Å²) in [5.74, 6) is 0.865. The molecule has 5 rings (SSSR count). The van der Waals surface area contributed by atoms with Gasteiger partial charge in [0.05, 0.1) is 28.5 Å². The molecular formula is C19H18N6S. The maximum atomic E-state index is 4.87. The molecular weight excluding hydrogens is 344 g/mol. The average Bonchev–Trinajstić information content (AvgIpc) is 3.41. The summed E-state index contributed by atoms with van der Waals surface area (Å²) in [5, 5.41) is 13.5. The summed E-state index contributed by atoms with van der Waals surface area (Å²) in [6.07, 6.45) is 2.31. The molecule has 1 atom stereocenters. The Morgan fingerprint density at radius 3 is 2.77 bits per heavy atom. The van der Waals surface area contributed by atoms with E-state index in [4.69, 9.17) is 4.98 Å². The topological polar surface area (TPSA) is 59.7 Å². The highest BCUT2D eigenvalue weighted by Gasteiger charge is 2.30. The van der Waals surface area contributed by atoms with Crippen molar-refractivity contribution in [3.05, 3.63) is 65.4 Å². The fraction of sp³-hybridized carbons (Fsp3) is 0.263. The number of benzene rings is 2. The van der Waals surface area contributed by atoms with Gasteiger partial charge in [-0.3, -0.25) is 4.90 Å². The molecule has 130 valence electrons. The van der Waals surface area contributed by atoms with E-state index in [9.17, 15) is 0 Å². The van der Waals surface area contributed by atoms with E-state index >= 15 is 0 Å². The van der Waals surface area contributed by atoms with Crippen LogP contribution in [0.1, 0.15) is 29.7 Å².